The number of carbonyl (C=O) groups excluding carboxylic acids is 3. The minimum atomic E-state index is -3.27. The van der Waals surface area contributed by atoms with Gasteiger partial charge in [-0.2, -0.15) is 11.3 Å². The lowest BCUT2D eigenvalue weighted by Gasteiger charge is -2.13. The monoisotopic (exact) mass is 1490 g/mol. The molecule has 1 N–H and O–H groups in total. The number of ether oxygens (including phenoxy) is 1. The normalized spacial score (nSPS) is 12.4. The SMILES string of the molecule is CC(C)C(=O)/C=C/c1ccc(F)cc1.CC(C)C(=O)Cc1ccc(F)cc1.CC(C)C(=O)Oc1ccc(F)cc1.CC(C)S(=O)(=O)c1ccc(NC2CCCC2)nc1.CC(C)S(=O)(=O)c1cccc2cccnc12.CC(C)S(=O)(=O)c1ccsc1.CCCCc1ccc(S(=O)(=O)C(C)C)cc1. The van der Waals surface area contributed by atoms with E-state index in [-0.39, 0.29) is 63.2 Å². The van der Waals surface area contributed by atoms with E-state index in [9.17, 15) is 61.2 Å². The molecule has 5 aromatic carbocycles. The number of halogens is 3. The average molecular weight is 1490 g/mol. The minimum absolute atomic E-state index is 0.00620. The number of allylic oxidation sites excluding steroid dienone is 1. The lowest BCUT2D eigenvalue weighted by molar-refractivity contribution is -0.137. The van der Waals surface area contributed by atoms with E-state index in [1.165, 1.54) is 103 Å². The van der Waals surface area contributed by atoms with Crippen molar-refractivity contribution in [1.29, 1.82) is 0 Å². The molecule has 1 aliphatic rings. The number of nitrogens with zero attached hydrogens (tertiary/aromatic N) is 2. The van der Waals surface area contributed by atoms with Crippen LogP contribution in [0.2, 0.25) is 0 Å². The van der Waals surface area contributed by atoms with Gasteiger partial charge in [-0.05, 0) is 200 Å². The molecule has 0 spiro atoms. The Morgan fingerprint density at radius 1 is 0.545 bits per heavy atom. The number of aromatic nitrogens is 2. The van der Waals surface area contributed by atoms with Gasteiger partial charge in [-0.15, -0.1) is 0 Å². The van der Waals surface area contributed by atoms with Gasteiger partial charge >= 0.3 is 5.97 Å². The van der Waals surface area contributed by atoms with Crippen LogP contribution in [0.25, 0.3) is 17.0 Å². The number of unbranched alkanes of at least 4 members (excludes halogenated alkanes) is 1. The zero-order chi connectivity index (χ0) is 75.8. The van der Waals surface area contributed by atoms with Crippen LogP contribution in [0.3, 0.4) is 0 Å². The second-order valence-corrected chi connectivity index (χ2v) is 36.6. The molecule has 3 aromatic heterocycles. The van der Waals surface area contributed by atoms with Crippen LogP contribution in [0.4, 0.5) is 19.0 Å². The molecule has 0 atom stereocenters. The number of aryl methyl sites for hydroxylation is 1. The first-order valence-corrected chi connectivity index (χ1v) is 40.8. The molecule has 3 heterocycles. The average Bonchev–Trinajstić information content (AvgIpc) is 1.23. The molecule has 0 unspecified atom stereocenters. The molecule has 15 nitrogen and oxygen atoms in total. The highest BCUT2D eigenvalue weighted by Gasteiger charge is 2.24. The van der Waals surface area contributed by atoms with Crippen LogP contribution in [-0.4, -0.2) is 88.2 Å². The Bertz CT molecular complexity index is 4250. The second-order valence-electron chi connectivity index (χ2n) is 25.8. The third-order valence-corrected chi connectivity index (χ3v) is 24.8. The fraction of sp³-hybridized carbons (Fsp3) is 0.397. The summed E-state index contributed by atoms with van der Waals surface area (Å²) in [5.74, 6) is 0.0986. The molecule has 0 bridgehead atoms. The molecule has 0 amide bonds. The highest BCUT2D eigenvalue weighted by molar-refractivity contribution is 7.93. The maximum absolute atomic E-state index is 12.5. The Hall–Kier alpha value is -7.70. The summed E-state index contributed by atoms with van der Waals surface area (Å²) in [6.45, 7) is 26.6. The quantitative estimate of drug-likeness (QED) is 0.0400. The van der Waals surface area contributed by atoms with E-state index in [4.69, 9.17) is 4.74 Å². The summed E-state index contributed by atoms with van der Waals surface area (Å²) in [5.41, 5.74) is 3.48. The number of sulfone groups is 4. The number of anilines is 1. The Kier molecular flexibility index (Phi) is 37.0. The molecule has 9 rings (SSSR count). The van der Waals surface area contributed by atoms with Gasteiger partial charge in [-0.1, -0.05) is 128 Å². The van der Waals surface area contributed by atoms with Gasteiger partial charge in [0.1, 0.15) is 34.8 Å². The predicted molar refractivity (Wildman–Crippen MR) is 403 cm³/mol. The molecule has 0 aliphatic heterocycles. The maximum atomic E-state index is 12.5. The van der Waals surface area contributed by atoms with Crippen molar-refractivity contribution in [3.8, 4) is 5.75 Å². The number of hydrogen-bond donors (Lipinski definition) is 1. The van der Waals surface area contributed by atoms with E-state index >= 15 is 0 Å². The van der Waals surface area contributed by atoms with Gasteiger partial charge in [0.05, 0.1) is 52.0 Å². The fourth-order valence-electron chi connectivity index (χ4n) is 8.62. The van der Waals surface area contributed by atoms with Crippen LogP contribution >= 0.6 is 11.3 Å². The third kappa shape index (κ3) is 30.0. The van der Waals surface area contributed by atoms with Gasteiger partial charge in [0.2, 0.25) is 0 Å². The first-order chi connectivity index (χ1) is 47.3. The van der Waals surface area contributed by atoms with Crippen molar-refractivity contribution in [2.45, 2.75) is 202 Å². The van der Waals surface area contributed by atoms with E-state index in [1.54, 1.807) is 165 Å². The molecule has 1 fully saturated rings. The first-order valence-electron chi connectivity index (χ1n) is 33.7. The molecule has 550 valence electrons. The summed E-state index contributed by atoms with van der Waals surface area (Å²) in [5, 5.41) is 6.11. The number of para-hydroxylation sites is 1. The highest BCUT2D eigenvalue weighted by Crippen LogP contribution is 2.26. The zero-order valence-corrected chi connectivity index (χ0v) is 64.6. The molecule has 101 heavy (non-hydrogen) atoms. The molecule has 0 radical (unpaired) electrons. The van der Waals surface area contributed by atoms with Gasteiger partial charge in [-0.3, -0.25) is 19.4 Å². The van der Waals surface area contributed by atoms with E-state index in [0.717, 1.165) is 41.6 Å². The molecule has 23 heteroatoms. The van der Waals surface area contributed by atoms with Crippen molar-refractivity contribution in [2.24, 2.45) is 17.8 Å². The number of pyridine rings is 2. The molecular weight excluding hydrogens is 1390 g/mol. The number of carbonyl (C=O) groups is 3. The number of ketones is 2. The predicted octanol–water partition coefficient (Wildman–Crippen LogP) is 18.2. The standard InChI is InChI=1S/C13H20N2O2S.C13H20O2S.C12H13FO.C12H13NO2S.C11H13FO.C10H11FO2.C7H10O2S2/c1-10(2)18(16,17)12-7-8-13(14-9-12)15-11-5-3-4-6-11;1-4-5-6-12-7-9-13(10-8-12)16(14,15)11(2)3;1-9(2)12(14)8-5-10-3-6-11(13)7-4-10;1-9(2)16(14,15)11-7-3-5-10-6-4-8-13-12(10)11;1-8(2)11(13)7-9-3-5-10(12)6-4-9;1-7(2)10(12)13-9-5-3-8(11)4-6-9;1-6(2)11(8,9)7-3-4-10-5-7/h7-11H,3-6H2,1-2H3,(H,14,15);7-11H,4-6H2,1-3H3;3-9H,1-2H3;3-9H,1-2H3;3-6,8H,7H2,1-2H3;3-7H,1-2H3;3-6H,1-2H3/b;;8-5+;;;;. The first kappa shape index (κ1) is 87.5. The lowest BCUT2D eigenvalue weighted by Crippen LogP contribution is -2.17. The number of esters is 1. The van der Waals surface area contributed by atoms with Crippen molar-refractivity contribution in [2.75, 3.05) is 5.32 Å². The number of nitrogens with one attached hydrogen (secondary N) is 1. The van der Waals surface area contributed by atoms with E-state index in [0.29, 0.717) is 43.3 Å². The summed E-state index contributed by atoms with van der Waals surface area (Å²) in [4.78, 5) is 43.5. The maximum Gasteiger partial charge on any atom is 0.313 e. The van der Waals surface area contributed by atoms with Crippen molar-refractivity contribution < 1.29 is 66.0 Å². The summed E-state index contributed by atoms with van der Waals surface area (Å²) < 4.78 is 137. The number of Topliss-reactive ketones (excluding diaryl/α,β-unsaturated/α-hetero) is 1. The van der Waals surface area contributed by atoms with Gasteiger partial charge in [0.25, 0.3) is 0 Å². The fourth-order valence-corrected chi connectivity index (χ4v) is 14.0. The highest BCUT2D eigenvalue weighted by atomic mass is 32.2. The van der Waals surface area contributed by atoms with Gasteiger partial charge in [-0.25, -0.2) is 51.8 Å². The van der Waals surface area contributed by atoms with Crippen LogP contribution in [-0.2, 0) is 66.6 Å². The van der Waals surface area contributed by atoms with Crippen LogP contribution in [0.1, 0.15) is 159 Å². The Morgan fingerprint density at radius 2 is 1.04 bits per heavy atom. The van der Waals surface area contributed by atoms with E-state index in [1.807, 2.05) is 52.0 Å². The summed E-state index contributed by atoms with van der Waals surface area (Å²) in [6.07, 6.45) is 14.9. The van der Waals surface area contributed by atoms with E-state index < -0.39 is 49.8 Å². The number of benzene rings is 5. The van der Waals surface area contributed by atoms with Crippen LogP contribution in [0, 0.1) is 35.2 Å². The Morgan fingerprint density at radius 3 is 1.51 bits per heavy atom. The van der Waals surface area contributed by atoms with Gasteiger partial charge < -0.3 is 10.1 Å². The number of hydrogen-bond acceptors (Lipinski definition) is 16. The molecule has 0 saturated heterocycles. The Balaban J connectivity index is 0.000000308. The largest absolute Gasteiger partial charge is 0.426 e. The molecule has 1 saturated carbocycles. The summed E-state index contributed by atoms with van der Waals surface area (Å²) in [6, 6.07) is 39.1. The van der Waals surface area contributed by atoms with Crippen molar-refractivity contribution >= 4 is 91.0 Å². The number of fused-ring (bicyclic) bond motifs is 1. The second kappa shape index (κ2) is 42.7. The summed E-state index contributed by atoms with van der Waals surface area (Å²) in [7, 11) is -12.6. The molecule has 8 aromatic rings. The van der Waals surface area contributed by atoms with Gasteiger partial charge in [0.15, 0.2) is 45.1 Å². The van der Waals surface area contributed by atoms with E-state index in [2.05, 4.69) is 22.2 Å². The van der Waals surface area contributed by atoms with Crippen molar-refractivity contribution in [3.05, 3.63) is 209 Å². The lowest BCUT2D eigenvalue weighted by atomic mass is 10.0. The van der Waals surface area contributed by atoms with Crippen LogP contribution in [0.5, 0.6) is 5.75 Å². The van der Waals surface area contributed by atoms with Crippen LogP contribution < -0.4 is 10.1 Å². The zero-order valence-electron chi connectivity index (χ0n) is 60.6. The molecular formula is C78H100F3N3O12S5. The van der Waals surface area contributed by atoms with Gasteiger partial charge in [0, 0.05) is 47.5 Å². The Labute approximate surface area is 602 Å². The topological polar surface area (TPSA) is 235 Å². The smallest absolute Gasteiger partial charge is 0.313 e. The number of rotatable bonds is 21. The minimum Gasteiger partial charge on any atom is -0.426 e. The summed E-state index contributed by atoms with van der Waals surface area (Å²) >= 11 is 1.40. The third-order valence-electron chi connectivity index (χ3n) is 15.4. The number of thiophene rings is 1. The molecule has 1 aliphatic carbocycles. The van der Waals surface area contributed by atoms with Crippen molar-refractivity contribution in [3.63, 3.8) is 0 Å². The van der Waals surface area contributed by atoms with Crippen molar-refractivity contribution in [1.82, 2.24) is 9.97 Å². The van der Waals surface area contributed by atoms with Crippen LogP contribution in [0.15, 0.2) is 194 Å².